The predicted octanol–water partition coefficient (Wildman–Crippen LogP) is 2.55. The maximum atomic E-state index is 12.7. The number of nitrogens with one attached hydrogen (secondary N) is 1. The summed E-state index contributed by atoms with van der Waals surface area (Å²) in [6.07, 6.45) is 0. The Morgan fingerprint density at radius 3 is 2.27 bits per heavy atom. The Morgan fingerprint density at radius 2 is 1.60 bits per heavy atom. The fourth-order valence-corrected chi connectivity index (χ4v) is 3.55. The Morgan fingerprint density at radius 1 is 0.933 bits per heavy atom. The highest BCUT2D eigenvalue weighted by molar-refractivity contribution is 6.02. The third-order valence-electron chi connectivity index (χ3n) is 5.32. The molecule has 0 atom stereocenters. The van der Waals surface area contributed by atoms with Gasteiger partial charge in [0.25, 0.3) is 5.91 Å². The van der Waals surface area contributed by atoms with Crippen LogP contribution in [0.5, 0.6) is 0 Å². The van der Waals surface area contributed by atoms with Crippen molar-refractivity contribution in [1.29, 1.82) is 0 Å². The van der Waals surface area contributed by atoms with Gasteiger partial charge in [-0.2, -0.15) is 5.10 Å². The predicted molar refractivity (Wildman–Crippen MR) is 119 cm³/mol. The number of carbonyl (C=O) groups excluding carboxylic acids is 1. The molecule has 3 aromatic rings. The molecular formula is C23H25N5O2. The van der Waals surface area contributed by atoms with Gasteiger partial charge in [0.2, 0.25) is 5.43 Å². The molecule has 1 aromatic heterocycles. The first-order chi connectivity index (χ1) is 14.5. The number of para-hydroxylation sites is 1. The first kappa shape index (κ1) is 19.8. The van der Waals surface area contributed by atoms with Crippen molar-refractivity contribution in [1.82, 2.24) is 14.7 Å². The van der Waals surface area contributed by atoms with Crippen molar-refractivity contribution < 1.29 is 4.79 Å². The van der Waals surface area contributed by atoms with Crippen LogP contribution in [0.15, 0.2) is 65.5 Å². The van der Waals surface area contributed by atoms with E-state index >= 15 is 0 Å². The van der Waals surface area contributed by atoms with E-state index in [0.29, 0.717) is 11.4 Å². The summed E-state index contributed by atoms with van der Waals surface area (Å²) in [5.74, 6) is -0.517. The van der Waals surface area contributed by atoms with Crippen molar-refractivity contribution in [2.75, 3.05) is 43.4 Å². The van der Waals surface area contributed by atoms with Crippen LogP contribution in [0, 0.1) is 6.92 Å². The van der Waals surface area contributed by atoms with E-state index in [-0.39, 0.29) is 5.69 Å². The summed E-state index contributed by atoms with van der Waals surface area (Å²) < 4.78 is 1.60. The van der Waals surface area contributed by atoms with Gasteiger partial charge >= 0.3 is 0 Å². The lowest BCUT2D eigenvalue weighted by molar-refractivity contribution is 0.101. The monoisotopic (exact) mass is 403 g/mol. The fraction of sp³-hybridized carbons (Fsp3) is 0.261. The molecule has 7 heteroatoms. The molecule has 1 amide bonds. The van der Waals surface area contributed by atoms with Gasteiger partial charge in [0.1, 0.15) is 0 Å². The molecule has 30 heavy (non-hydrogen) atoms. The summed E-state index contributed by atoms with van der Waals surface area (Å²) in [6, 6.07) is 18.6. The molecule has 4 rings (SSSR count). The fourth-order valence-electron chi connectivity index (χ4n) is 3.55. The van der Waals surface area contributed by atoms with Gasteiger partial charge in [-0.15, -0.1) is 0 Å². The summed E-state index contributed by atoms with van der Waals surface area (Å²) in [6.45, 7) is 5.82. The number of anilines is 2. The molecule has 0 unspecified atom stereocenters. The number of carbonyl (C=O) groups is 1. The Kier molecular flexibility index (Phi) is 5.63. The Labute approximate surface area is 175 Å². The van der Waals surface area contributed by atoms with Crippen LogP contribution in [0.3, 0.4) is 0 Å². The summed E-state index contributed by atoms with van der Waals surface area (Å²) >= 11 is 0. The van der Waals surface area contributed by atoms with Crippen molar-refractivity contribution in [2.24, 2.45) is 0 Å². The molecule has 1 N–H and O–H groups in total. The largest absolute Gasteiger partial charge is 0.369 e. The highest BCUT2D eigenvalue weighted by Gasteiger charge is 2.17. The van der Waals surface area contributed by atoms with Gasteiger partial charge in [0.05, 0.1) is 5.69 Å². The number of amides is 1. The van der Waals surface area contributed by atoms with Gasteiger partial charge in [-0.3, -0.25) is 9.59 Å². The van der Waals surface area contributed by atoms with Gasteiger partial charge in [-0.25, -0.2) is 4.68 Å². The number of rotatable bonds is 4. The van der Waals surface area contributed by atoms with Crippen LogP contribution in [0.1, 0.15) is 16.2 Å². The van der Waals surface area contributed by atoms with Crippen LogP contribution in [-0.4, -0.2) is 53.8 Å². The average Bonchev–Trinajstić information content (AvgIpc) is 2.75. The van der Waals surface area contributed by atoms with Crippen molar-refractivity contribution >= 4 is 17.3 Å². The minimum Gasteiger partial charge on any atom is -0.369 e. The molecule has 0 spiro atoms. The molecule has 0 saturated carbocycles. The quantitative estimate of drug-likeness (QED) is 0.725. The second kappa shape index (κ2) is 8.51. The van der Waals surface area contributed by atoms with Crippen LogP contribution < -0.4 is 15.6 Å². The number of aromatic nitrogens is 2. The molecule has 1 aliphatic heterocycles. The van der Waals surface area contributed by atoms with Gasteiger partial charge < -0.3 is 15.1 Å². The van der Waals surface area contributed by atoms with Crippen molar-refractivity contribution in [3.8, 4) is 5.69 Å². The molecule has 2 heterocycles. The van der Waals surface area contributed by atoms with Gasteiger partial charge in [-0.05, 0) is 50.4 Å². The highest BCUT2D eigenvalue weighted by atomic mass is 16.2. The molecule has 1 saturated heterocycles. The topological polar surface area (TPSA) is 70.5 Å². The number of benzene rings is 2. The van der Waals surface area contributed by atoms with Gasteiger partial charge in [-0.1, -0.05) is 18.2 Å². The molecular weight excluding hydrogens is 378 g/mol. The van der Waals surface area contributed by atoms with Crippen molar-refractivity contribution in [2.45, 2.75) is 6.92 Å². The third-order valence-corrected chi connectivity index (χ3v) is 5.32. The number of hydrogen-bond donors (Lipinski definition) is 1. The normalized spacial score (nSPS) is 14.5. The van der Waals surface area contributed by atoms with Crippen molar-refractivity contribution in [3.05, 3.63) is 82.3 Å². The van der Waals surface area contributed by atoms with Crippen LogP contribution in [0.25, 0.3) is 5.69 Å². The van der Waals surface area contributed by atoms with Crippen LogP contribution in [0.4, 0.5) is 11.4 Å². The lowest BCUT2D eigenvalue weighted by atomic mass is 10.2. The smallest absolute Gasteiger partial charge is 0.280 e. The maximum Gasteiger partial charge on any atom is 0.280 e. The molecule has 0 bridgehead atoms. The summed E-state index contributed by atoms with van der Waals surface area (Å²) in [5.41, 5.74) is 2.69. The first-order valence-corrected chi connectivity index (χ1v) is 10.0. The van der Waals surface area contributed by atoms with E-state index in [1.165, 1.54) is 6.07 Å². The summed E-state index contributed by atoms with van der Waals surface area (Å²) in [4.78, 5) is 29.8. The summed E-state index contributed by atoms with van der Waals surface area (Å²) in [7, 11) is 2.13. The Bertz CT molecular complexity index is 1080. The van der Waals surface area contributed by atoms with Gasteiger partial charge in [0.15, 0.2) is 5.69 Å². The molecule has 0 aliphatic carbocycles. The van der Waals surface area contributed by atoms with E-state index in [1.54, 1.807) is 11.6 Å². The van der Waals surface area contributed by atoms with E-state index in [0.717, 1.165) is 37.6 Å². The van der Waals surface area contributed by atoms with E-state index in [1.807, 2.05) is 54.6 Å². The zero-order valence-corrected chi connectivity index (χ0v) is 17.2. The molecule has 0 radical (unpaired) electrons. The van der Waals surface area contributed by atoms with Crippen LogP contribution in [0.2, 0.25) is 0 Å². The second-order valence-corrected chi connectivity index (χ2v) is 7.54. The Hall–Kier alpha value is -3.45. The second-order valence-electron chi connectivity index (χ2n) is 7.54. The summed E-state index contributed by atoms with van der Waals surface area (Å²) in [5, 5.41) is 7.11. The number of aryl methyl sites for hydroxylation is 1. The average molecular weight is 403 g/mol. The molecule has 2 aromatic carbocycles. The minimum absolute atomic E-state index is 0.132. The van der Waals surface area contributed by atoms with E-state index in [2.05, 4.69) is 27.3 Å². The lowest BCUT2D eigenvalue weighted by Crippen LogP contribution is -2.44. The number of nitrogens with zero attached hydrogens (tertiary/aromatic N) is 4. The lowest BCUT2D eigenvalue weighted by Gasteiger charge is -2.34. The SMILES string of the molecule is Cc1cc(=O)c(C(=O)Nc2ccc(N3CCN(C)CC3)cc2)nn1-c1ccccc1. The third kappa shape index (κ3) is 4.26. The first-order valence-electron chi connectivity index (χ1n) is 10.0. The highest BCUT2D eigenvalue weighted by Crippen LogP contribution is 2.19. The molecule has 7 nitrogen and oxygen atoms in total. The van der Waals surface area contributed by atoms with Crippen LogP contribution >= 0.6 is 0 Å². The standard InChI is InChI=1S/C23H25N5O2/c1-17-16-21(29)22(25-28(17)20-6-4-3-5-7-20)23(30)24-18-8-10-19(11-9-18)27-14-12-26(2)13-15-27/h3-11,16H,12-15H2,1-2H3,(H,24,30). The molecule has 154 valence electrons. The molecule has 1 fully saturated rings. The molecule has 1 aliphatic rings. The van der Waals surface area contributed by atoms with E-state index in [4.69, 9.17) is 0 Å². The number of piperazine rings is 1. The van der Waals surface area contributed by atoms with Gasteiger partial charge in [0, 0.05) is 49.3 Å². The number of hydrogen-bond acceptors (Lipinski definition) is 5. The van der Waals surface area contributed by atoms with E-state index in [9.17, 15) is 9.59 Å². The number of likely N-dealkylation sites (N-methyl/N-ethyl adjacent to an activating group) is 1. The zero-order chi connectivity index (χ0) is 21.1. The minimum atomic E-state index is -0.517. The zero-order valence-electron chi connectivity index (χ0n) is 17.2. The Balaban J connectivity index is 1.52. The van der Waals surface area contributed by atoms with E-state index < -0.39 is 11.3 Å². The maximum absolute atomic E-state index is 12.7. The van der Waals surface area contributed by atoms with Crippen LogP contribution in [-0.2, 0) is 0 Å². The van der Waals surface area contributed by atoms with Crippen molar-refractivity contribution in [3.63, 3.8) is 0 Å².